The second-order valence-corrected chi connectivity index (χ2v) is 9.54. The second kappa shape index (κ2) is 11.4. The Bertz CT molecular complexity index is 1180. The SMILES string of the molecule is O=C(Nc1cccc(-c2nnc3n2CCCCC3)c1)C1CCN(C(=O)CCOc2ccccc2)CC1. The molecule has 3 aromatic rings. The Morgan fingerprint density at radius 3 is 2.61 bits per heavy atom. The molecule has 0 spiro atoms. The van der Waals surface area contributed by atoms with E-state index in [9.17, 15) is 9.59 Å². The maximum absolute atomic E-state index is 13.0. The van der Waals surface area contributed by atoms with Gasteiger partial charge in [0.05, 0.1) is 13.0 Å². The third kappa shape index (κ3) is 5.75. The van der Waals surface area contributed by atoms with E-state index in [0.717, 1.165) is 54.5 Å². The van der Waals surface area contributed by atoms with E-state index in [0.29, 0.717) is 39.0 Å². The fourth-order valence-electron chi connectivity index (χ4n) is 5.00. The summed E-state index contributed by atoms with van der Waals surface area (Å²) in [5.74, 6) is 2.65. The predicted octanol–water partition coefficient (Wildman–Crippen LogP) is 4.32. The zero-order chi connectivity index (χ0) is 24.7. The van der Waals surface area contributed by atoms with Crippen LogP contribution >= 0.6 is 0 Å². The third-order valence-electron chi connectivity index (χ3n) is 7.04. The summed E-state index contributed by atoms with van der Waals surface area (Å²) in [4.78, 5) is 27.4. The van der Waals surface area contributed by atoms with Crippen LogP contribution in [0.15, 0.2) is 54.6 Å². The number of rotatable bonds is 7. The molecule has 188 valence electrons. The second-order valence-electron chi connectivity index (χ2n) is 9.54. The van der Waals surface area contributed by atoms with Crippen molar-refractivity contribution in [3.63, 3.8) is 0 Å². The smallest absolute Gasteiger partial charge is 0.227 e. The number of aromatic nitrogens is 3. The van der Waals surface area contributed by atoms with E-state index in [1.807, 2.05) is 59.5 Å². The molecular formula is C28H33N5O3. The predicted molar refractivity (Wildman–Crippen MR) is 138 cm³/mol. The van der Waals surface area contributed by atoms with Crippen LogP contribution in [0.3, 0.4) is 0 Å². The minimum absolute atomic E-state index is 0.00623. The standard InChI is InChI=1S/C28H33N5O3/c34-26(15-19-36-24-10-3-1-4-11-24)32-17-13-21(14-18-32)28(35)29-23-9-7-8-22(20-23)27-31-30-25-12-5-2-6-16-33(25)27/h1,3-4,7-11,20-21H,2,5-6,12-19H2,(H,29,35). The lowest BCUT2D eigenvalue weighted by Gasteiger charge is -2.31. The minimum Gasteiger partial charge on any atom is -0.493 e. The number of nitrogens with zero attached hydrogens (tertiary/aromatic N) is 4. The van der Waals surface area contributed by atoms with Crippen LogP contribution in [0.4, 0.5) is 5.69 Å². The van der Waals surface area contributed by atoms with Gasteiger partial charge in [-0.3, -0.25) is 9.59 Å². The summed E-state index contributed by atoms with van der Waals surface area (Å²) in [5.41, 5.74) is 1.73. The van der Waals surface area contributed by atoms with Crippen molar-refractivity contribution in [1.29, 1.82) is 0 Å². The largest absolute Gasteiger partial charge is 0.493 e. The van der Waals surface area contributed by atoms with E-state index in [-0.39, 0.29) is 17.7 Å². The Kier molecular flexibility index (Phi) is 7.59. The molecule has 1 N–H and O–H groups in total. The molecule has 36 heavy (non-hydrogen) atoms. The Balaban J connectivity index is 1.12. The first kappa shape index (κ1) is 24.0. The van der Waals surface area contributed by atoms with Gasteiger partial charge in [-0.1, -0.05) is 36.8 Å². The molecule has 2 amide bonds. The first-order valence-corrected chi connectivity index (χ1v) is 13.0. The monoisotopic (exact) mass is 487 g/mol. The van der Waals surface area contributed by atoms with Gasteiger partial charge in [0, 0.05) is 43.2 Å². The van der Waals surface area contributed by atoms with Crippen molar-refractivity contribution in [2.24, 2.45) is 5.92 Å². The summed E-state index contributed by atoms with van der Waals surface area (Å²) >= 11 is 0. The zero-order valence-electron chi connectivity index (χ0n) is 20.6. The van der Waals surface area contributed by atoms with Gasteiger partial charge in [-0.05, 0) is 49.9 Å². The summed E-state index contributed by atoms with van der Waals surface area (Å²) in [6.07, 6.45) is 6.12. The van der Waals surface area contributed by atoms with Crippen LogP contribution in [0, 0.1) is 5.92 Å². The highest BCUT2D eigenvalue weighted by molar-refractivity contribution is 5.93. The number of piperidine rings is 1. The molecule has 2 aromatic carbocycles. The molecule has 8 heteroatoms. The van der Waals surface area contributed by atoms with E-state index in [2.05, 4.69) is 20.1 Å². The number of benzene rings is 2. The van der Waals surface area contributed by atoms with E-state index in [1.54, 1.807) is 0 Å². The van der Waals surface area contributed by atoms with Crippen molar-refractivity contribution in [2.75, 3.05) is 25.0 Å². The Morgan fingerprint density at radius 2 is 1.78 bits per heavy atom. The molecule has 1 fully saturated rings. The van der Waals surface area contributed by atoms with E-state index in [4.69, 9.17) is 4.74 Å². The van der Waals surface area contributed by atoms with Crippen LogP contribution in [0.1, 0.15) is 44.3 Å². The van der Waals surface area contributed by atoms with Crippen molar-refractivity contribution < 1.29 is 14.3 Å². The number of para-hydroxylation sites is 1. The van der Waals surface area contributed by atoms with Gasteiger partial charge >= 0.3 is 0 Å². The number of fused-ring (bicyclic) bond motifs is 1. The molecule has 0 bridgehead atoms. The van der Waals surface area contributed by atoms with Crippen LogP contribution in [0.5, 0.6) is 5.75 Å². The fourth-order valence-corrected chi connectivity index (χ4v) is 5.00. The third-order valence-corrected chi connectivity index (χ3v) is 7.04. The first-order valence-electron chi connectivity index (χ1n) is 13.0. The average molecular weight is 488 g/mol. The lowest BCUT2D eigenvalue weighted by atomic mass is 9.95. The lowest BCUT2D eigenvalue weighted by Crippen LogP contribution is -2.41. The minimum atomic E-state index is -0.109. The van der Waals surface area contributed by atoms with Gasteiger partial charge in [0.2, 0.25) is 11.8 Å². The number of hydrogen-bond donors (Lipinski definition) is 1. The summed E-state index contributed by atoms with van der Waals surface area (Å²) in [5, 5.41) is 11.9. The lowest BCUT2D eigenvalue weighted by molar-refractivity contribution is -0.135. The maximum atomic E-state index is 13.0. The number of aryl methyl sites for hydroxylation is 1. The highest BCUT2D eigenvalue weighted by atomic mass is 16.5. The van der Waals surface area contributed by atoms with Gasteiger partial charge in [0.1, 0.15) is 11.6 Å². The van der Waals surface area contributed by atoms with E-state index < -0.39 is 0 Å². The van der Waals surface area contributed by atoms with Crippen LogP contribution < -0.4 is 10.1 Å². The highest BCUT2D eigenvalue weighted by Crippen LogP contribution is 2.26. The van der Waals surface area contributed by atoms with Crippen molar-refractivity contribution in [3.8, 4) is 17.1 Å². The van der Waals surface area contributed by atoms with Crippen LogP contribution in [0.2, 0.25) is 0 Å². The van der Waals surface area contributed by atoms with Gasteiger partial charge < -0.3 is 19.5 Å². The quantitative estimate of drug-likeness (QED) is 0.536. The number of hydrogen-bond acceptors (Lipinski definition) is 5. The van der Waals surface area contributed by atoms with Gasteiger partial charge in [0.25, 0.3) is 0 Å². The number of carbonyl (C=O) groups is 2. The Hall–Kier alpha value is -3.68. The van der Waals surface area contributed by atoms with Crippen LogP contribution in [-0.4, -0.2) is 51.2 Å². The normalized spacial score (nSPS) is 16.2. The average Bonchev–Trinajstić information content (AvgIpc) is 3.17. The number of nitrogens with one attached hydrogen (secondary N) is 1. The Morgan fingerprint density at radius 1 is 0.944 bits per heavy atom. The molecule has 3 heterocycles. The maximum Gasteiger partial charge on any atom is 0.227 e. The Labute approximate surface area is 211 Å². The highest BCUT2D eigenvalue weighted by Gasteiger charge is 2.27. The van der Waals surface area contributed by atoms with Crippen LogP contribution in [-0.2, 0) is 22.6 Å². The molecule has 0 saturated carbocycles. The molecule has 2 aliphatic heterocycles. The molecule has 0 atom stereocenters. The van der Waals surface area contributed by atoms with Crippen molar-refractivity contribution in [3.05, 3.63) is 60.4 Å². The molecule has 2 aliphatic rings. The summed E-state index contributed by atoms with van der Waals surface area (Å²) in [6, 6.07) is 17.4. The number of anilines is 1. The molecule has 5 rings (SSSR count). The van der Waals surface area contributed by atoms with Gasteiger partial charge in [-0.2, -0.15) is 0 Å². The molecule has 0 radical (unpaired) electrons. The number of ether oxygens (including phenoxy) is 1. The fraction of sp³-hybridized carbons (Fsp3) is 0.429. The number of likely N-dealkylation sites (tertiary alicyclic amines) is 1. The van der Waals surface area contributed by atoms with Gasteiger partial charge in [0.15, 0.2) is 5.82 Å². The summed E-state index contributed by atoms with van der Waals surface area (Å²) < 4.78 is 7.86. The van der Waals surface area contributed by atoms with Crippen molar-refractivity contribution >= 4 is 17.5 Å². The molecule has 1 saturated heterocycles. The van der Waals surface area contributed by atoms with Crippen molar-refractivity contribution in [1.82, 2.24) is 19.7 Å². The van der Waals surface area contributed by atoms with Gasteiger partial charge in [-0.25, -0.2) is 0 Å². The first-order chi connectivity index (χ1) is 17.7. The van der Waals surface area contributed by atoms with Gasteiger partial charge in [-0.15, -0.1) is 10.2 Å². The molecule has 0 aliphatic carbocycles. The zero-order valence-corrected chi connectivity index (χ0v) is 20.6. The number of amides is 2. The summed E-state index contributed by atoms with van der Waals surface area (Å²) in [7, 11) is 0. The molecule has 0 unspecified atom stereocenters. The van der Waals surface area contributed by atoms with E-state index >= 15 is 0 Å². The van der Waals surface area contributed by atoms with Crippen molar-refractivity contribution in [2.45, 2.75) is 51.5 Å². The number of carbonyl (C=O) groups excluding carboxylic acids is 2. The van der Waals surface area contributed by atoms with Crippen LogP contribution in [0.25, 0.3) is 11.4 Å². The van der Waals surface area contributed by atoms with E-state index in [1.165, 1.54) is 6.42 Å². The molecule has 8 nitrogen and oxygen atoms in total. The topological polar surface area (TPSA) is 89.4 Å². The molecule has 1 aromatic heterocycles. The molecular weight excluding hydrogens is 454 g/mol. The summed E-state index contributed by atoms with van der Waals surface area (Å²) in [6.45, 7) is 2.47.